The van der Waals surface area contributed by atoms with Crippen molar-refractivity contribution in [3.05, 3.63) is 21.9 Å². The minimum Gasteiger partial charge on any atom is -0.312 e. The van der Waals surface area contributed by atoms with Crippen molar-refractivity contribution in [2.45, 2.75) is 26.3 Å². The second-order valence-corrected chi connectivity index (χ2v) is 5.06. The van der Waals surface area contributed by atoms with Crippen LogP contribution in [0, 0.1) is 0 Å². The molecule has 0 bridgehead atoms. The topological polar surface area (TPSA) is 15.3 Å². The van der Waals surface area contributed by atoms with Crippen molar-refractivity contribution in [3.63, 3.8) is 0 Å². The summed E-state index contributed by atoms with van der Waals surface area (Å²) >= 11 is 1.87. The molecule has 0 unspecified atom stereocenters. The zero-order valence-electron chi connectivity index (χ0n) is 10.0. The predicted octanol–water partition coefficient (Wildman–Crippen LogP) is 2.35. The molecule has 0 fully saturated rings. The molecule has 0 spiro atoms. The van der Waals surface area contributed by atoms with E-state index in [4.69, 9.17) is 0 Å². The van der Waals surface area contributed by atoms with E-state index in [1.165, 1.54) is 16.9 Å². The molecule has 0 aliphatic heterocycles. The minimum absolute atomic E-state index is 1.04. The molecule has 1 N–H and O–H groups in total. The minimum atomic E-state index is 1.04. The van der Waals surface area contributed by atoms with Crippen molar-refractivity contribution in [1.82, 2.24) is 10.2 Å². The van der Waals surface area contributed by atoms with Gasteiger partial charge in [-0.1, -0.05) is 6.92 Å². The molecule has 3 heteroatoms. The monoisotopic (exact) mass is 226 g/mol. The molecule has 2 nitrogen and oxygen atoms in total. The largest absolute Gasteiger partial charge is 0.312 e. The molecule has 0 radical (unpaired) electrons. The van der Waals surface area contributed by atoms with Gasteiger partial charge in [0.2, 0.25) is 0 Å². The summed E-state index contributed by atoms with van der Waals surface area (Å²) in [6.07, 6.45) is 2.37. The Balaban J connectivity index is 2.15. The van der Waals surface area contributed by atoms with Gasteiger partial charge in [-0.15, -0.1) is 11.3 Å². The highest BCUT2D eigenvalue weighted by Gasteiger charge is 2.01. The number of nitrogens with zero attached hydrogens (tertiary/aromatic N) is 1. The summed E-state index contributed by atoms with van der Waals surface area (Å²) in [7, 11) is 4.24. The summed E-state index contributed by atoms with van der Waals surface area (Å²) in [5.74, 6) is 0. The third-order valence-electron chi connectivity index (χ3n) is 2.46. The molecule has 15 heavy (non-hydrogen) atoms. The van der Waals surface area contributed by atoms with E-state index < -0.39 is 0 Å². The van der Waals surface area contributed by atoms with Gasteiger partial charge in [0, 0.05) is 11.4 Å². The zero-order chi connectivity index (χ0) is 11.1. The fraction of sp³-hybridized carbons (Fsp3) is 0.667. The Bertz CT molecular complexity index is 268. The van der Waals surface area contributed by atoms with Gasteiger partial charge in [0.15, 0.2) is 0 Å². The second-order valence-electron chi connectivity index (χ2n) is 4.06. The Kier molecular flexibility index (Phi) is 5.91. The molecule has 0 saturated heterocycles. The third-order valence-corrected chi connectivity index (χ3v) is 3.43. The van der Waals surface area contributed by atoms with E-state index in [2.05, 4.69) is 42.7 Å². The van der Waals surface area contributed by atoms with Gasteiger partial charge in [0.05, 0.1) is 0 Å². The molecule has 0 aliphatic carbocycles. The highest BCUT2D eigenvalue weighted by Crippen LogP contribution is 2.16. The summed E-state index contributed by atoms with van der Waals surface area (Å²) in [6.45, 7) is 5.53. The van der Waals surface area contributed by atoms with E-state index in [9.17, 15) is 0 Å². The van der Waals surface area contributed by atoms with Crippen molar-refractivity contribution in [2.75, 3.05) is 27.2 Å². The lowest BCUT2D eigenvalue weighted by molar-refractivity contribution is 0.394. The van der Waals surface area contributed by atoms with Crippen molar-refractivity contribution < 1.29 is 0 Å². The van der Waals surface area contributed by atoms with Crippen molar-refractivity contribution in [2.24, 2.45) is 0 Å². The van der Waals surface area contributed by atoms with Crippen LogP contribution in [-0.2, 0) is 13.0 Å². The lowest BCUT2D eigenvalue weighted by atomic mass is 10.2. The fourth-order valence-corrected chi connectivity index (χ4v) is 2.51. The number of thiophene rings is 1. The lowest BCUT2D eigenvalue weighted by Crippen LogP contribution is -2.20. The van der Waals surface area contributed by atoms with Crippen molar-refractivity contribution in [1.29, 1.82) is 0 Å². The number of aryl methyl sites for hydroxylation is 1. The van der Waals surface area contributed by atoms with Gasteiger partial charge in [0.25, 0.3) is 0 Å². The van der Waals surface area contributed by atoms with Crippen LogP contribution in [0.1, 0.15) is 23.8 Å². The molecule has 86 valence electrons. The summed E-state index contributed by atoms with van der Waals surface area (Å²) in [6, 6.07) is 2.24. The highest BCUT2D eigenvalue weighted by atomic mass is 32.1. The number of hydrogen-bond donors (Lipinski definition) is 1. The third kappa shape index (κ3) is 4.78. The molecule has 1 aromatic rings. The quantitative estimate of drug-likeness (QED) is 0.718. The molecule has 0 amide bonds. The average molecular weight is 226 g/mol. The maximum Gasteiger partial charge on any atom is 0.0302 e. The van der Waals surface area contributed by atoms with Crippen LogP contribution in [0.3, 0.4) is 0 Å². The van der Waals surface area contributed by atoms with E-state index in [-0.39, 0.29) is 0 Å². The van der Waals surface area contributed by atoms with E-state index in [0.717, 1.165) is 26.1 Å². The van der Waals surface area contributed by atoms with E-state index in [1.54, 1.807) is 0 Å². The molecular formula is C12H22N2S. The van der Waals surface area contributed by atoms with Gasteiger partial charge in [-0.2, -0.15) is 0 Å². The number of nitrogens with one attached hydrogen (secondary N) is 1. The van der Waals surface area contributed by atoms with Gasteiger partial charge in [0.1, 0.15) is 0 Å². The highest BCUT2D eigenvalue weighted by molar-refractivity contribution is 7.10. The Morgan fingerprint density at radius 3 is 2.87 bits per heavy atom. The Hall–Kier alpha value is -0.380. The molecule has 1 rings (SSSR count). The maximum atomic E-state index is 3.50. The molecule has 1 aromatic heterocycles. The summed E-state index contributed by atoms with van der Waals surface area (Å²) in [4.78, 5) is 3.73. The van der Waals surface area contributed by atoms with Crippen LogP contribution in [-0.4, -0.2) is 32.1 Å². The second kappa shape index (κ2) is 6.99. The van der Waals surface area contributed by atoms with E-state index >= 15 is 0 Å². The molecule has 0 saturated carbocycles. The number of hydrogen-bond acceptors (Lipinski definition) is 3. The fourth-order valence-electron chi connectivity index (χ4n) is 1.56. The Morgan fingerprint density at radius 1 is 1.40 bits per heavy atom. The molecule has 0 aromatic carbocycles. The maximum absolute atomic E-state index is 3.50. The molecule has 0 aliphatic rings. The van der Waals surface area contributed by atoms with Crippen molar-refractivity contribution >= 4 is 11.3 Å². The zero-order valence-corrected chi connectivity index (χ0v) is 10.9. The Labute approximate surface area is 97.3 Å². The van der Waals surface area contributed by atoms with Gasteiger partial charge >= 0.3 is 0 Å². The first-order valence-corrected chi connectivity index (χ1v) is 6.52. The van der Waals surface area contributed by atoms with Crippen LogP contribution in [0.15, 0.2) is 11.4 Å². The van der Waals surface area contributed by atoms with Gasteiger partial charge in [-0.25, -0.2) is 0 Å². The van der Waals surface area contributed by atoms with Crippen LogP contribution < -0.4 is 5.32 Å². The standard InChI is InChI=1S/C12H22N2S/c1-4-11-6-9-15-12(11)10-13-7-5-8-14(2)3/h6,9,13H,4-5,7-8,10H2,1-3H3. The number of rotatable bonds is 7. The lowest BCUT2D eigenvalue weighted by Gasteiger charge is -2.09. The van der Waals surface area contributed by atoms with Crippen LogP contribution in [0.5, 0.6) is 0 Å². The average Bonchev–Trinajstić information content (AvgIpc) is 2.64. The first kappa shape index (κ1) is 12.7. The molecule has 0 atom stereocenters. The van der Waals surface area contributed by atoms with E-state index in [1.807, 2.05) is 11.3 Å². The van der Waals surface area contributed by atoms with E-state index in [0.29, 0.717) is 0 Å². The Morgan fingerprint density at radius 2 is 2.20 bits per heavy atom. The van der Waals surface area contributed by atoms with Crippen LogP contribution >= 0.6 is 11.3 Å². The van der Waals surface area contributed by atoms with Gasteiger partial charge in [-0.05, 0) is 57.0 Å². The van der Waals surface area contributed by atoms with Gasteiger partial charge < -0.3 is 10.2 Å². The van der Waals surface area contributed by atoms with Crippen LogP contribution in [0.25, 0.3) is 0 Å². The predicted molar refractivity (Wildman–Crippen MR) is 68.6 cm³/mol. The molecular weight excluding hydrogens is 204 g/mol. The van der Waals surface area contributed by atoms with Gasteiger partial charge in [-0.3, -0.25) is 0 Å². The smallest absolute Gasteiger partial charge is 0.0302 e. The van der Waals surface area contributed by atoms with Crippen LogP contribution in [0.2, 0.25) is 0 Å². The SMILES string of the molecule is CCc1ccsc1CNCCCN(C)C. The van der Waals surface area contributed by atoms with Crippen molar-refractivity contribution in [3.8, 4) is 0 Å². The summed E-state index contributed by atoms with van der Waals surface area (Å²) in [5.41, 5.74) is 1.50. The summed E-state index contributed by atoms with van der Waals surface area (Å²) < 4.78 is 0. The molecule has 1 heterocycles. The normalized spacial score (nSPS) is 11.2. The van der Waals surface area contributed by atoms with Crippen LogP contribution in [0.4, 0.5) is 0 Å². The first-order chi connectivity index (χ1) is 7.24. The first-order valence-electron chi connectivity index (χ1n) is 5.64. The summed E-state index contributed by atoms with van der Waals surface area (Å²) in [5, 5.41) is 5.69.